The van der Waals surface area contributed by atoms with Crippen LogP contribution in [0.15, 0.2) is 38.5 Å². The largest absolute Gasteiger partial charge is 0.467 e. The molecule has 0 atom stereocenters. The summed E-state index contributed by atoms with van der Waals surface area (Å²) in [6.45, 7) is -0.389. The Kier molecular flexibility index (Phi) is 4.34. The van der Waals surface area contributed by atoms with Gasteiger partial charge in [0.2, 0.25) is 0 Å². The first kappa shape index (κ1) is 14.3. The summed E-state index contributed by atoms with van der Waals surface area (Å²) in [4.78, 5) is 49.0. The minimum atomic E-state index is -0.980. The highest BCUT2D eigenvalue weighted by Gasteiger charge is 2.12. The second-order valence-electron chi connectivity index (χ2n) is 3.93. The Morgan fingerprint density at radius 1 is 1.29 bits per heavy atom. The Balaban J connectivity index is 1.84. The van der Waals surface area contributed by atoms with Crippen LogP contribution in [-0.2, 0) is 16.1 Å². The van der Waals surface area contributed by atoms with E-state index in [1.807, 2.05) is 4.98 Å². The minimum absolute atomic E-state index is 0.158. The standard InChI is InChI=1S/C12H11N3O6/c16-9-4-8(14-12(19)15-9)11(18)21-6-10(17)13-5-7-2-1-3-20-7/h1-4H,5-6H2,(H,13,17)(H2,14,15,16,19). The summed E-state index contributed by atoms with van der Waals surface area (Å²) in [5.41, 5.74) is -1.91. The molecule has 0 aliphatic carbocycles. The van der Waals surface area contributed by atoms with Crippen LogP contribution in [0.2, 0.25) is 0 Å². The zero-order valence-corrected chi connectivity index (χ0v) is 10.7. The van der Waals surface area contributed by atoms with Crippen LogP contribution in [0, 0.1) is 0 Å². The number of hydrogen-bond acceptors (Lipinski definition) is 6. The molecule has 0 radical (unpaired) electrons. The average Bonchev–Trinajstić information content (AvgIpc) is 2.94. The van der Waals surface area contributed by atoms with Crippen molar-refractivity contribution in [3.63, 3.8) is 0 Å². The SMILES string of the molecule is O=C(COC(=O)c1cc(=O)[nH]c(=O)[nH]1)NCc1ccco1. The molecular weight excluding hydrogens is 282 g/mol. The van der Waals surface area contributed by atoms with Gasteiger partial charge in [-0.1, -0.05) is 0 Å². The van der Waals surface area contributed by atoms with E-state index in [0.29, 0.717) is 5.76 Å². The number of furan rings is 1. The number of carbonyl (C=O) groups is 2. The highest BCUT2D eigenvalue weighted by atomic mass is 16.5. The van der Waals surface area contributed by atoms with E-state index in [0.717, 1.165) is 6.07 Å². The van der Waals surface area contributed by atoms with Gasteiger partial charge in [0.05, 0.1) is 12.8 Å². The molecule has 0 aromatic carbocycles. The number of esters is 1. The van der Waals surface area contributed by atoms with Crippen molar-refractivity contribution >= 4 is 11.9 Å². The number of carbonyl (C=O) groups excluding carboxylic acids is 2. The molecule has 0 fully saturated rings. The monoisotopic (exact) mass is 293 g/mol. The van der Waals surface area contributed by atoms with Crippen LogP contribution in [0.25, 0.3) is 0 Å². The van der Waals surface area contributed by atoms with E-state index in [9.17, 15) is 19.2 Å². The van der Waals surface area contributed by atoms with Gasteiger partial charge in [-0.3, -0.25) is 14.6 Å². The number of rotatable bonds is 5. The van der Waals surface area contributed by atoms with Crippen molar-refractivity contribution in [1.29, 1.82) is 0 Å². The van der Waals surface area contributed by atoms with Crippen LogP contribution in [0.3, 0.4) is 0 Å². The summed E-state index contributed by atoms with van der Waals surface area (Å²) in [7, 11) is 0. The molecule has 0 spiro atoms. The predicted octanol–water partition coefficient (Wildman–Crippen LogP) is -0.871. The van der Waals surface area contributed by atoms with Crippen molar-refractivity contribution in [2.75, 3.05) is 6.61 Å². The molecule has 0 saturated carbocycles. The molecule has 2 rings (SSSR count). The van der Waals surface area contributed by atoms with Gasteiger partial charge in [-0.25, -0.2) is 9.59 Å². The summed E-state index contributed by atoms with van der Waals surface area (Å²) in [5.74, 6) is -0.980. The number of aromatic amines is 2. The fraction of sp³-hybridized carbons (Fsp3) is 0.167. The van der Waals surface area contributed by atoms with Gasteiger partial charge in [0.1, 0.15) is 11.5 Å². The van der Waals surface area contributed by atoms with E-state index in [-0.39, 0.29) is 12.2 Å². The Hall–Kier alpha value is -3.10. The first-order valence-electron chi connectivity index (χ1n) is 5.84. The van der Waals surface area contributed by atoms with Crippen LogP contribution in [0.4, 0.5) is 0 Å². The lowest BCUT2D eigenvalue weighted by Gasteiger charge is -2.05. The molecule has 2 heterocycles. The second-order valence-corrected chi connectivity index (χ2v) is 3.93. The molecule has 0 unspecified atom stereocenters. The molecule has 9 nitrogen and oxygen atoms in total. The van der Waals surface area contributed by atoms with Gasteiger partial charge in [-0.15, -0.1) is 0 Å². The van der Waals surface area contributed by atoms with Crippen LogP contribution in [0.1, 0.15) is 16.2 Å². The lowest BCUT2D eigenvalue weighted by atomic mass is 10.4. The van der Waals surface area contributed by atoms with E-state index >= 15 is 0 Å². The van der Waals surface area contributed by atoms with E-state index in [1.54, 1.807) is 12.1 Å². The first-order chi connectivity index (χ1) is 10.0. The number of ether oxygens (including phenoxy) is 1. The van der Waals surface area contributed by atoms with Gasteiger partial charge in [-0.05, 0) is 12.1 Å². The predicted molar refractivity (Wildman–Crippen MR) is 68.5 cm³/mol. The molecule has 21 heavy (non-hydrogen) atoms. The van der Waals surface area contributed by atoms with Gasteiger partial charge in [-0.2, -0.15) is 0 Å². The molecular formula is C12H11N3O6. The Morgan fingerprint density at radius 3 is 2.76 bits per heavy atom. The van der Waals surface area contributed by atoms with E-state index in [4.69, 9.17) is 4.42 Å². The van der Waals surface area contributed by atoms with Crippen molar-refractivity contribution in [3.05, 3.63) is 56.8 Å². The molecule has 2 aromatic heterocycles. The van der Waals surface area contributed by atoms with Crippen molar-refractivity contribution < 1.29 is 18.7 Å². The van der Waals surface area contributed by atoms with Crippen LogP contribution in [-0.4, -0.2) is 28.5 Å². The normalized spacial score (nSPS) is 10.1. The van der Waals surface area contributed by atoms with Gasteiger partial charge in [0, 0.05) is 6.07 Å². The fourth-order valence-electron chi connectivity index (χ4n) is 1.44. The highest BCUT2D eigenvalue weighted by Crippen LogP contribution is 1.98. The second kappa shape index (κ2) is 6.37. The maximum atomic E-state index is 11.5. The maximum absolute atomic E-state index is 11.5. The third kappa shape index (κ3) is 4.20. The number of amides is 1. The van der Waals surface area contributed by atoms with E-state index in [1.165, 1.54) is 6.26 Å². The molecule has 0 aliphatic heterocycles. The van der Waals surface area contributed by atoms with Crippen molar-refractivity contribution in [1.82, 2.24) is 15.3 Å². The molecule has 0 saturated heterocycles. The number of nitrogens with one attached hydrogen (secondary N) is 3. The Bertz CT molecular complexity index is 715. The summed E-state index contributed by atoms with van der Waals surface area (Å²) < 4.78 is 9.67. The fourth-order valence-corrected chi connectivity index (χ4v) is 1.44. The van der Waals surface area contributed by atoms with E-state index in [2.05, 4.69) is 15.0 Å². The number of hydrogen-bond donors (Lipinski definition) is 3. The minimum Gasteiger partial charge on any atom is -0.467 e. The van der Waals surface area contributed by atoms with E-state index < -0.39 is 29.7 Å². The smallest absolute Gasteiger partial charge is 0.355 e. The molecule has 3 N–H and O–H groups in total. The molecule has 110 valence electrons. The lowest BCUT2D eigenvalue weighted by molar-refractivity contribution is -0.124. The maximum Gasteiger partial charge on any atom is 0.355 e. The third-order valence-corrected chi connectivity index (χ3v) is 2.35. The van der Waals surface area contributed by atoms with Crippen molar-refractivity contribution in [2.45, 2.75) is 6.54 Å². The van der Waals surface area contributed by atoms with Crippen LogP contribution in [0.5, 0.6) is 0 Å². The Labute approximate surface area is 116 Å². The molecule has 0 bridgehead atoms. The van der Waals surface area contributed by atoms with Gasteiger partial charge < -0.3 is 19.5 Å². The summed E-state index contributed by atoms with van der Waals surface area (Å²) in [6, 6.07) is 4.21. The third-order valence-electron chi connectivity index (χ3n) is 2.35. The summed E-state index contributed by atoms with van der Waals surface area (Å²) >= 11 is 0. The Morgan fingerprint density at radius 2 is 2.10 bits per heavy atom. The zero-order valence-electron chi connectivity index (χ0n) is 10.7. The number of aromatic nitrogens is 2. The molecule has 1 amide bonds. The quantitative estimate of drug-likeness (QED) is 0.613. The van der Waals surface area contributed by atoms with Gasteiger partial charge in [0.15, 0.2) is 6.61 Å². The topological polar surface area (TPSA) is 134 Å². The lowest BCUT2D eigenvalue weighted by Crippen LogP contribution is -2.30. The average molecular weight is 293 g/mol. The molecule has 2 aromatic rings. The van der Waals surface area contributed by atoms with Crippen LogP contribution < -0.4 is 16.6 Å². The van der Waals surface area contributed by atoms with Gasteiger partial charge in [0.25, 0.3) is 11.5 Å². The number of H-pyrrole nitrogens is 2. The van der Waals surface area contributed by atoms with Crippen molar-refractivity contribution in [2.24, 2.45) is 0 Å². The zero-order chi connectivity index (χ0) is 15.2. The molecule has 0 aliphatic rings. The summed E-state index contributed by atoms with van der Waals surface area (Å²) in [6.07, 6.45) is 1.46. The van der Waals surface area contributed by atoms with Crippen LogP contribution >= 0.6 is 0 Å². The van der Waals surface area contributed by atoms with Gasteiger partial charge >= 0.3 is 11.7 Å². The highest BCUT2D eigenvalue weighted by molar-refractivity contribution is 5.89. The summed E-state index contributed by atoms with van der Waals surface area (Å²) in [5, 5.41) is 2.46. The van der Waals surface area contributed by atoms with Crippen molar-refractivity contribution in [3.8, 4) is 0 Å². The molecule has 9 heteroatoms. The first-order valence-corrected chi connectivity index (χ1v) is 5.84.